The highest BCUT2D eigenvalue weighted by atomic mass is 19.1. The van der Waals surface area contributed by atoms with Gasteiger partial charge in [0.2, 0.25) is 0 Å². The molecule has 5 rings (SSSR count). The van der Waals surface area contributed by atoms with E-state index >= 15 is 0 Å². The average molecular weight is 302 g/mol. The van der Waals surface area contributed by atoms with Crippen molar-refractivity contribution < 1.29 is 9.18 Å². The van der Waals surface area contributed by atoms with E-state index in [1.165, 1.54) is 31.7 Å². The van der Waals surface area contributed by atoms with Crippen LogP contribution >= 0.6 is 0 Å². The van der Waals surface area contributed by atoms with Gasteiger partial charge in [0.15, 0.2) is 0 Å². The summed E-state index contributed by atoms with van der Waals surface area (Å²) in [6.45, 7) is 0.728. The first kappa shape index (κ1) is 14.0. The number of fused-ring (bicyclic) bond motifs is 3. The molecule has 2 unspecified atom stereocenters. The van der Waals surface area contributed by atoms with Gasteiger partial charge in [0.05, 0.1) is 6.04 Å². The second kappa shape index (κ2) is 5.56. The predicted octanol–water partition coefficient (Wildman–Crippen LogP) is 3.86. The Kier molecular flexibility index (Phi) is 3.55. The standard InChI is InChI=1S/C18H23FN2O/c19-15-4-2-1-3-14(15)17-9-10-21(17)18(22)20-16-11-12-5-7-13(16)8-6-12/h1-4,12-13,16-17H,5-11H2,(H,20,22). The van der Waals surface area contributed by atoms with E-state index in [1.54, 1.807) is 17.0 Å². The second-order valence-corrected chi connectivity index (χ2v) is 7.09. The van der Waals surface area contributed by atoms with Crippen molar-refractivity contribution >= 4 is 6.03 Å². The van der Waals surface area contributed by atoms with E-state index in [9.17, 15) is 9.18 Å². The maximum absolute atomic E-state index is 13.9. The van der Waals surface area contributed by atoms with Crippen LogP contribution in [0.4, 0.5) is 9.18 Å². The van der Waals surface area contributed by atoms with E-state index in [0.717, 1.165) is 25.3 Å². The molecule has 2 amide bonds. The Morgan fingerprint density at radius 2 is 1.91 bits per heavy atom. The van der Waals surface area contributed by atoms with Gasteiger partial charge in [-0.3, -0.25) is 0 Å². The van der Waals surface area contributed by atoms with Crippen LogP contribution in [-0.4, -0.2) is 23.5 Å². The number of nitrogens with one attached hydrogen (secondary N) is 1. The van der Waals surface area contributed by atoms with Crippen LogP contribution in [0.5, 0.6) is 0 Å². The molecule has 3 aliphatic carbocycles. The topological polar surface area (TPSA) is 32.3 Å². The van der Waals surface area contributed by atoms with Gasteiger partial charge >= 0.3 is 6.03 Å². The lowest BCUT2D eigenvalue weighted by molar-refractivity contribution is 0.0879. The van der Waals surface area contributed by atoms with Gasteiger partial charge in [0.25, 0.3) is 0 Å². The molecule has 3 saturated carbocycles. The fourth-order valence-electron chi connectivity index (χ4n) is 4.50. The van der Waals surface area contributed by atoms with Crippen molar-refractivity contribution in [1.29, 1.82) is 0 Å². The minimum atomic E-state index is -0.207. The third-order valence-corrected chi connectivity index (χ3v) is 5.90. The van der Waals surface area contributed by atoms with Crippen LogP contribution < -0.4 is 5.32 Å². The summed E-state index contributed by atoms with van der Waals surface area (Å²) in [7, 11) is 0. The number of urea groups is 1. The van der Waals surface area contributed by atoms with Crippen LogP contribution in [0.15, 0.2) is 24.3 Å². The summed E-state index contributed by atoms with van der Waals surface area (Å²) in [6, 6.07) is 7.04. The number of benzene rings is 1. The second-order valence-electron chi connectivity index (χ2n) is 7.09. The molecule has 1 aromatic carbocycles. The molecule has 4 fully saturated rings. The van der Waals surface area contributed by atoms with Crippen LogP contribution in [0.2, 0.25) is 0 Å². The Morgan fingerprint density at radius 3 is 2.50 bits per heavy atom. The van der Waals surface area contributed by atoms with Gasteiger partial charge in [-0.05, 0) is 43.6 Å². The van der Waals surface area contributed by atoms with Crippen molar-refractivity contribution in [2.24, 2.45) is 11.8 Å². The first-order chi connectivity index (χ1) is 10.7. The van der Waals surface area contributed by atoms with E-state index in [-0.39, 0.29) is 17.9 Å². The summed E-state index contributed by atoms with van der Waals surface area (Å²) >= 11 is 0. The molecule has 1 aromatic rings. The minimum Gasteiger partial charge on any atom is -0.335 e. The molecule has 4 aliphatic rings. The van der Waals surface area contributed by atoms with Crippen molar-refractivity contribution in [3.8, 4) is 0 Å². The maximum Gasteiger partial charge on any atom is 0.318 e. The number of nitrogens with zero attached hydrogens (tertiary/aromatic N) is 1. The molecule has 1 N–H and O–H groups in total. The summed E-state index contributed by atoms with van der Waals surface area (Å²) < 4.78 is 13.9. The van der Waals surface area contributed by atoms with Crippen molar-refractivity contribution in [1.82, 2.24) is 10.2 Å². The summed E-state index contributed by atoms with van der Waals surface area (Å²) in [5.74, 6) is 1.25. The molecule has 118 valence electrons. The van der Waals surface area contributed by atoms with E-state index in [0.29, 0.717) is 17.5 Å². The lowest BCUT2D eigenvalue weighted by Gasteiger charge is -2.46. The van der Waals surface area contributed by atoms with E-state index in [2.05, 4.69) is 5.32 Å². The van der Waals surface area contributed by atoms with E-state index < -0.39 is 0 Å². The Morgan fingerprint density at radius 1 is 1.14 bits per heavy atom. The van der Waals surface area contributed by atoms with Gasteiger partial charge in [-0.2, -0.15) is 0 Å². The largest absolute Gasteiger partial charge is 0.335 e. The van der Waals surface area contributed by atoms with Gasteiger partial charge in [-0.1, -0.05) is 31.0 Å². The fourth-order valence-corrected chi connectivity index (χ4v) is 4.50. The lowest BCUT2D eigenvalue weighted by Crippen LogP contribution is -2.55. The van der Waals surface area contributed by atoms with Gasteiger partial charge in [0.1, 0.15) is 5.82 Å². The molecular weight excluding hydrogens is 279 g/mol. The highest BCUT2D eigenvalue weighted by Crippen LogP contribution is 2.42. The summed E-state index contributed by atoms with van der Waals surface area (Å²) in [5.41, 5.74) is 0.647. The monoisotopic (exact) mass is 302 g/mol. The van der Waals surface area contributed by atoms with Gasteiger partial charge in [-0.25, -0.2) is 9.18 Å². The first-order valence-electron chi connectivity index (χ1n) is 8.54. The van der Waals surface area contributed by atoms with Crippen LogP contribution in [0.25, 0.3) is 0 Å². The Hall–Kier alpha value is -1.58. The SMILES string of the molecule is O=C(NC1CC2CCC1CC2)N1CCC1c1ccccc1F. The predicted molar refractivity (Wildman–Crippen MR) is 82.8 cm³/mol. The molecule has 4 heteroatoms. The number of halogens is 1. The van der Waals surface area contributed by atoms with Gasteiger partial charge in [0, 0.05) is 18.2 Å². The molecule has 1 saturated heterocycles. The van der Waals surface area contributed by atoms with Crippen LogP contribution in [0, 0.1) is 17.7 Å². The number of rotatable bonds is 2. The molecule has 22 heavy (non-hydrogen) atoms. The zero-order valence-electron chi connectivity index (χ0n) is 12.8. The highest BCUT2D eigenvalue weighted by molar-refractivity contribution is 5.76. The van der Waals surface area contributed by atoms with Crippen LogP contribution in [-0.2, 0) is 0 Å². The number of carbonyl (C=O) groups is 1. The molecule has 1 aliphatic heterocycles. The van der Waals surface area contributed by atoms with Gasteiger partial charge in [-0.15, -0.1) is 0 Å². The average Bonchev–Trinajstić information content (AvgIpc) is 2.49. The summed E-state index contributed by atoms with van der Waals surface area (Å²) in [6.07, 6.45) is 7.16. The Labute approximate surface area is 130 Å². The number of amides is 2. The molecule has 0 radical (unpaired) electrons. The van der Waals surface area contributed by atoms with E-state index in [4.69, 9.17) is 0 Å². The molecule has 2 bridgehead atoms. The van der Waals surface area contributed by atoms with Crippen LogP contribution in [0.3, 0.4) is 0 Å². The minimum absolute atomic E-state index is 0.00273. The van der Waals surface area contributed by atoms with Gasteiger partial charge < -0.3 is 10.2 Å². The quantitative estimate of drug-likeness (QED) is 0.884. The molecule has 3 nitrogen and oxygen atoms in total. The van der Waals surface area contributed by atoms with Crippen LogP contribution in [0.1, 0.15) is 50.1 Å². The number of hydrogen-bond acceptors (Lipinski definition) is 1. The smallest absolute Gasteiger partial charge is 0.318 e. The Bertz CT molecular complexity index is 568. The summed E-state index contributed by atoms with van der Waals surface area (Å²) in [4.78, 5) is 14.3. The van der Waals surface area contributed by atoms with Crippen molar-refractivity contribution in [3.05, 3.63) is 35.6 Å². The molecular formula is C18H23FN2O. The lowest BCUT2D eigenvalue weighted by atomic mass is 9.68. The fraction of sp³-hybridized carbons (Fsp3) is 0.611. The maximum atomic E-state index is 13.9. The third-order valence-electron chi connectivity index (χ3n) is 5.90. The Balaban J connectivity index is 1.42. The number of carbonyl (C=O) groups excluding carboxylic acids is 1. The zero-order valence-corrected chi connectivity index (χ0v) is 12.8. The van der Waals surface area contributed by atoms with Crippen molar-refractivity contribution in [3.63, 3.8) is 0 Å². The first-order valence-corrected chi connectivity index (χ1v) is 8.54. The molecule has 0 spiro atoms. The molecule has 2 atom stereocenters. The number of hydrogen-bond donors (Lipinski definition) is 1. The van der Waals surface area contributed by atoms with Crippen molar-refractivity contribution in [2.75, 3.05) is 6.54 Å². The normalized spacial score (nSPS) is 33.4. The third kappa shape index (κ3) is 2.38. The zero-order chi connectivity index (χ0) is 15.1. The van der Waals surface area contributed by atoms with E-state index in [1.807, 2.05) is 6.07 Å². The molecule has 0 aromatic heterocycles. The summed E-state index contributed by atoms with van der Waals surface area (Å²) in [5, 5.41) is 3.24. The molecule has 1 heterocycles. The highest BCUT2D eigenvalue weighted by Gasteiger charge is 2.40. The number of likely N-dealkylation sites (tertiary alicyclic amines) is 1. The van der Waals surface area contributed by atoms with Crippen molar-refractivity contribution in [2.45, 2.75) is 50.6 Å².